The van der Waals surface area contributed by atoms with E-state index >= 15 is 0 Å². The predicted molar refractivity (Wildman–Crippen MR) is 110 cm³/mol. The monoisotopic (exact) mass is 392 g/mol. The highest BCUT2D eigenvalue weighted by molar-refractivity contribution is 7.26. The fourth-order valence-electron chi connectivity index (χ4n) is 3.63. The van der Waals surface area contributed by atoms with Crippen LogP contribution in [0.25, 0.3) is 20.4 Å². The molecule has 1 atom stereocenters. The van der Waals surface area contributed by atoms with Crippen molar-refractivity contribution in [3.63, 3.8) is 0 Å². The molecule has 0 saturated carbocycles. The van der Waals surface area contributed by atoms with Gasteiger partial charge in [0, 0.05) is 24.0 Å². The molecule has 0 spiro atoms. The number of hydrogen-bond donors (Lipinski definition) is 0. The van der Waals surface area contributed by atoms with Gasteiger partial charge in [0.2, 0.25) is 0 Å². The second-order valence-electron chi connectivity index (χ2n) is 7.18. The van der Waals surface area contributed by atoms with Crippen LogP contribution in [0.5, 0.6) is 5.75 Å². The SMILES string of the molecule is Cc1ccc(O[C@H]2CCN(c3ncnc4c3sc3nnc(C)c(C)c34)C2)cn1. The molecule has 28 heavy (non-hydrogen) atoms. The fourth-order valence-corrected chi connectivity index (χ4v) is 4.78. The first-order valence-electron chi connectivity index (χ1n) is 9.31. The summed E-state index contributed by atoms with van der Waals surface area (Å²) in [5.41, 5.74) is 4.03. The Bertz CT molecular complexity index is 1170. The van der Waals surface area contributed by atoms with Gasteiger partial charge in [-0.2, -0.15) is 5.10 Å². The molecule has 4 aromatic heterocycles. The quantitative estimate of drug-likeness (QED) is 0.527. The lowest BCUT2D eigenvalue weighted by molar-refractivity contribution is 0.224. The fraction of sp³-hybridized carbons (Fsp3) is 0.350. The van der Waals surface area contributed by atoms with Gasteiger partial charge in [0.1, 0.15) is 28.8 Å². The molecule has 1 aliphatic heterocycles. The normalized spacial score (nSPS) is 17.0. The van der Waals surface area contributed by atoms with Crippen LogP contribution in [0.1, 0.15) is 23.4 Å². The molecule has 1 saturated heterocycles. The lowest BCUT2D eigenvalue weighted by Crippen LogP contribution is -2.25. The van der Waals surface area contributed by atoms with Crippen LogP contribution in [0.15, 0.2) is 24.7 Å². The number of fused-ring (bicyclic) bond motifs is 3. The summed E-state index contributed by atoms with van der Waals surface area (Å²) in [4.78, 5) is 16.7. The van der Waals surface area contributed by atoms with Crippen LogP contribution in [0.4, 0.5) is 5.82 Å². The predicted octanol–water partition coefficient (Wildman–Crippen LogP) is 3.61. The van der Waals surface area contributed by atoms with Gasteiger partial charge in [-0.3, -0.25) is 4.98 Å². The molecule has 5 rings (SSSR count). The van der Waals surface area contributed by atoms with Crippen molar-refractivity contribution in [2.45, 2.75) is 33.3 Å². The number of anilines is 1. The molecular formula is C20H20N6OS. The molecule has 0 aromatic carbocycles. The first-order valence-corrected chi connectivity index (χ1v) is 10.1. The summed E-state index contributed by atoms with van der Waals surface area (Å²) in [5, 5.41) is 9.73. The van der Waals surface area contributed by atoms with Crippen molar-refractivity contribution in [1.29, 1.82) is 0 Å². The van der Waals surface area contributed by atoms with Crippen molar-refractivity contribution in [2.75, 3.05) is 18.0 Å². The molecule has 5 heterocycles. The summed E-state index contributed by atoms with van der Waals surface area (Å²) in [6, 6.07) is 3.95. The Labute approximate surface area is 166 Å². The van der Waals surface area contributed by atoms with Gasteiger partial charge in [0.25, 0.3) is 0 Å². The first-order chi connectivity index (χ1) is 13.6. The third-order valence-corrected chi connectivity index (χ3v) is 6.33. The van der Waals surface area contributed by atoms with Gasteiger partial charge in [-0.1, -0.05) is 0 Å². The van der Waals surface area contributed by atoms with E-state index < -0.39 is 0 Å². The van der Waals surface area contributed by atoms with Crippen LogP contribution in [0.2, 0.25) is 0 Å². The topological polar surface area (TPSA) is 76.9 Å². The molecule has 1 aliphatic rings. The molecule has 0 unspecified atom stereocenters. The Kier molecular flexibility index (Phi) is 4.08. The molecule has 7 nitrogen and oxygen atoms in total. The van der Waals surface area contributed by atoms with Gasteiger partial charge in [0.15, 0.2) is 0 Å². The van der Waals surface area contributed by atoms with Crippen molar-refractivity contribution >= 4 is 37.6 Å². The van der Waals surface area contributed by atoms with Gasteiger partial charge < -0.3 is 9.64 Å². The summed E-state index contributed by atoms with van der Waals surface area (Å²) in [5.74, 6) is 1.77. The maximum Gasteiger partial charge on any atom is 0.150 e. The van der Waals surface area contributed by atoms with Crippen molar-refractivity contribution in [1.82, 2.24) is 25.1 Å². The van der Waals surface area contributed by atoms with E-state index in [4.69, 9.17) is 4.74 Å². The van der Waals surface area contributed by atoms with Crippen LogP contribution < -0.4 is 9.64 Å². The van der Waals surface area contributed by atoms with E-state index in [9.17, 15) is 0 Å². The molecule has 1 fully saturated rings. The van der Waals surface area contributed by atoms with Crippen molar-refractivity contribution in [3.8, 4) is 5.75 Å². The second-order valence-corrected chi connectivity index (χ2v) is 8.18. The molecule has 0 radical (unpaired) electrons. The Hall–Kier alpha value is -2.87. The molecule has 4 aromatic rings. The highest BCUT2D eigenvalue weighted by Crippen LogP contribution is 2.38. The number of ether oxygens (including phenoxy) is 1. The zero-order chi connectivity index (χ0) is 19.3. The first kappa shape index (κ1) is 17.2. The number of rotatable bonds is 3. The highest BCUT2D eigenvalue weighted by atomic mass is 32.1. The van der Waals surface area contributed by atoms with E-state index in [1.165, 1.54) is 0 Å². The zero-order valence-corrected chi connectivity index (χ0v) is 16.8. The number of hydrogen-bond acceptors (Lipinski definition) is 8. The highest BCUT2D eigenvalue weighted by Gasteiger charge is 2.28. The lowest BCUT2D eigenvalue weighted by Gasteiger charge is -2.18. The summed E-state index contributed by atoms with van der Waals surface area (Å²) in [7, 11) is 0. The summed E-state index contributed by atoms with van der Waals surface area (Å²) < 4.78 is 7.19. The Morgan fingerprint density at radius 2 is 2.00 bits per heavy atom. The van der Waals surface area contributed by atoms with Crippen LogP contribution >= 0.6 is 11.3 Å². The minimum Gasteiger partial charge on any atom is -0.487 e. The Morgan fingerprint density at radius 3 is 2.82 bits per heavy atom. The molecule has 0 amide bonds. The van der Waals surface area contributed by atoms with Crippen molar-refractivity contribution in [2.24, 2.45) is 0 Å². The lowest BCUT2D eigenvalue weighted by atomic mass is 10.1. The summed E-state index contributed by atoms with van der Waals surface area (Å²) >= 11 is 1.61. The van der Waals surface area contributed by atoms with Gasteiger partial charge in [-0.15, -0.1) is 16.4 Å². The molecule has 0 bridgehead atoms. The third kappa shape index (κ3) is 2.84. The van der Waals surface area contributed by atoms with Crippen molar-refractivity contribution < 1.29 is 4.74 Å². The van der Waals surface area contributed by atoms with Crippen LogP contribution in [-0.2, 0) is 0 Å². The van der Waals surface area contributed by atoms with Crippen LogP contribution in [-0.4, -0.2) is 44.3 Å². The van der Waals surface area contributed by atoms with Crippen LogP contribution in [0, 0.1) is 20.8 Å². The van der Waals surface area contributed by atoms with Crippen LogP contribution in [0.3, 0.4) is 0 Å². The number of pyridine rings is 1. The molecule has 0 N–H and O–H groups in total. The average molecular weight is 392 g/mol. The number of thiophene rings is 1. The maximum absolute atomic E-state index is 6.12. The minimum atomic E-state index is 0.118. The maximum atomic E-state index is 6.12. The number of nitrogens with zero attached hydrogens (tertiary/aromatic N) is 6. The Balaban J connectivity index is 1.46. The number of aryl methyl sites for hydroxylation is 3. The van der Waals surface area contributed by atoms with Gasteiger partial charge in [0.05, 0.1) is 28.7 Å². The van der Waals surface area contributed by atoms with E-state index in [1.54, 1.807) is 23.9 Å². The zero-order valence-electron chi connectivity index (χ0n) is 16.0. The van der Waals surface area contributed by atoms with Gasteiger partial charge in [-0.25, -0.2) is 9.97 Å². The standard InChI is InChI=1S/C20H20N6OS/c1-11-4-5-14(8-21-11)27-15-6-7-26(9-15)19-18-17(22-10-23-19)16-12(2)13(3)24-25-20(16)28-18/h4-5,8,10,15H,6-7,9H2,1-3H3/t15-/m0/s1. The molecule has 142 valence electrons. The van der Waals surface area contributed by atoms with E-state index in [-0.39, 0.29) is 6.10 Å². The summed E-state index contributed by atoms with van der Waals surface area (Å²) in [6.45, 7) is 7.72. The van der Waals surface area contributed by atoms with E-state index in [1.807, 2.05) is 26.0 Å². The van der Waals surface area contributed by atoms with E-state index in [2.05, 4.69) is 37.0 Å². The second kappa shape index (κ2) is 6.63. The van der Waals surface area contributed by atoms with E-state index in [0.717, 1.165) is 68.5 Å². The molecule has 8 heteroatoms. The molecule has 0 aliphatic carbocycles. The minimum absolute atomic E-state index is 0.118. The molecular weight excluding hydrogens is 372 g/mol. The smallest absolute Gasteiger partial charge is 0.150 e. The number of aromatic nitrogens is 5. The largest absolute Gasteiger partial charge is 0.487 e. The summed E-state index contributed by atoms with van der Waals surface area (Å²) in [6.07, 6.45) is 4.50. The van der Waals surface area contributed by atoms with E-state index in [0.29, 0.717) is 0 Å². The van der Waals surface area contributed by atoms with Gasteiger partial charge >= 0.3 is 0 Å². The van der Waals surface area contributed by atoms with Crippen molar-refractivity contribution in [3.05, 3.63) is 41.6 Å². The third-order valence-electron chi connectivity index (χ3n) is 5.27. The Morgan fingerprint density at radius 1 is 1.11 bits per heavy atom. The van der Waals surface area contributed by atoms with Gasteiger partial charge in [-0.05, 0) is 38.5 Å². The average Bonchev–Trinajstić information content (AvgIpc) is 3.31.